The standard InChI is InChI=1S/C14H26N2/c1-12-5-6-13(10-12)16-9-8-15-7-3-2-4-14(15)11-16/h12-14H,2-11H2,1H3. The predicted molar refractivity (Wildman–Crippen MR) is 67.6 cm³/mol. The van der Waals surface area contributed by atoms with Gasteiger partial charge in [0.15, 0.2) is 0 Å². The molecule has 1 saturated carbocycles. The minimum atomic E-state index is 0.901. The average Bonchev–Trinajstić information content (AvgIpc) is 2.75. The Kier molecular flexibility index (Phi) is 3.21. The van der Waals surface area contributed by atoms with E-state index in [0.29, 0.717) is 0 Å². The van der Waals surface area contributed by atoms with E-state index in [-0.39, 0.29) is 0 Å². The summed E-state index contributed by atoms with van der Waals surface area (Å²) in [5, 5.41) is 0. The summed E-state index contributed by atoms with van der Waals surface area (Å²) in [5.74, 6) is 0.981. The van der Waals surface area contributed by atoms with Gasteiger partial charge in [0.25, 0.3) is 0 Å². The van der Waals surface area contributed by atoms with Crippen molar-refractivity contribution in [2.75, 3.05) is 26.2 Å². The Morgan fingerprint density at radius 3 is 2.50 bits per heavy atom. The van der Waals surface area contributed by atoms with Crippen molar-refractivity contribution in [3.8, 4) is 0 Å². The highest BCUT2D eigenvalue weighted by molar-refractivity contribution is 4.90. The largest absolute Gasteiger partial charge is 0.298 e. The maximum absolute atomic E-state index is 2.82. The molecule has 0 N–H and O–H groups in total. The highest BCUT2D eigenvalue weighted by Gasteiger charge is 2.34. The van der Waals surface area contributed by atoms with Gasteiger partial charge in [-0.05, 0) is 44.6 Å². The Labute approximate surface area is 100.0 Å². The highest BCUT2D eigenvalue weighted by atomic mass is 15.3. The van der Waals surface area contributed by atoms with Gasteiger partial charge in [0.05, 0.1) is 0 Å². The molecule has 3 aliphatic rings. The van der Waals surface area contributed by atoms with Crippen LogP contribution in [0.5, 0.6) is 0 Å². The van der Waals surface area contributed by atoms with E-state index in [4.69, 9.17) is 0 Å². The highest BCUT2D eigenvalue weighted by Crippen LogP contribution is 2.31. The Balaban J connectivity index is 1.58. The van der Waals surface area contributed by atoms with E-state index in [1.165, 1.54) is 64.7 Å². The van der Waals surface area contributed by atoms with Gasteiger partial charge in [0, 0.05) is 31.7 Å². The summed E-state index contributed by atoms with van der Waals surface area (Å²) in [6, 6.07) is 1.83. The monoisotopic (exact) mass is 222 g/mol. The van der Waals surface area contributed by atoms with Crippen molar-refractivity contribution in [1.29, 1.82) is 0 Å². The number of rotatable bonds is 1. The molecule has 0 aromatic carbocycles. The maximum Gasteiger partial charge on any atom is 0.0223 e. The molecule has 2 nitrogen and oxygen atoms in total. The molecule has 2 aliphatic heterocycles. The number of piperazine rings is 1. The van der Waals surface area contributed by atoms with Gasteiger partial charge >= 0.3 is 0 Å². The van der Waals surface area contributed by atoms with Crippen LogP contribution < -0.4 is 0 Å². The van der Waals surface area contributed by atoms with Gasteiger partial charge < -0.3 is 0 Å². The lowest BCUT2D eigenvalue weighted by atomic mass is 9.98. The first-order chi connectivity index (χ1) is 7.83. The molecule has 0 bridgehead atoms. The van der Waals surface area contributed by atoms with Gasteiger partial charge in [-0.1, -0.05) is 13.3 Å². The van der Waals surface area contributed by atoms with Crippen LogP contribution in [0.25, 0.3) is 0 Å². The van der Waals surface area contributed by atoms with E-state index in [1.807, 2.05) is 0 Å². The number of hydrogen-bond acceptors (Lipinski definition) is 2. The zero-order valence-electron chi connectivity index (χ0n) is 10.7. The summed E-state index contributed by atoms with van der Waals surface area (Å²) in [4.78, 5) is 5.56. The van der Waals surface area contributed by atoms with Crippen molar-refractivity contribution >= 4 is 0 Å². The molecule has 0 spiro atoms. The smallest absolute Gasteiger partial charge is 0.0223 e. The molecule has 16 heavy (non-hydrogen) atoms. The molecule has 0 radical (unpaired) electrons. The molecule has 2 heteroatoms. The van der Waals surface area contributed by atoms with Crippen molar-refractivity contribution in [2.45, 2.75) is 57.5 Å². The molecular weight excluding hydrogens is 196 g/mol. The van der Waals surface area contributed by atoms with Gasteiger partial charge in [0.1, 0.15) is 0 Å². The lowest BCUT2D eigenvalue weighted by molar-refractivity contribution is 0.0280. The zero-order chi connectivity index (χ0) is 11.0. The van der Waals surface area contributed by atoms with Gasteiger partial charge in [-0.3, -0.25) is 9.80 Å². The van der Waals surface area contributed by atoms with Gasteiger partial charge in [0.2, 0.25) is 0 Å². The first kappa shape index (κ1) is 11.0. The fraction of sp³-hybridized carbons (Fsp3) is 1.00. The summed E-state index contributed by atoms with van der Waals surface area (Å²) in [7, 11) is 0. The van der Waals surface area contributed by atoms with Crippen LogP contribution >= 0.6 is 0 Å². The second-order valence-corrected chi connectivity index (χ2v) is 6.25. The van der Waals surface area contributed by atoms with Gasteiger partial charge in [-0.15, -0.1) is 0 Å². The van der Waals surface area contributed by atoms with Crippen molar-refractivity contribution in [3.63, 3.8) is 0 Å². The summed E-state index contributed by atoms with van der Waals surface area (Å²) in [6.45, 7) is 7.86. The lowest BCUT2D eigenvalue weighted by Crippen LogP contribution is -2.56. The Morgan fingerprint density at radius 1 is 0.812 bits per heavy atom. The quantitative estimate of drug-likeness (QED) is 0.672. The number of nitrogens with zero attached hydrogens (tertiary/aromatic N) is 2. The second-order valence-electron chi connectivity index (χ2n) is 6.25. The average molecular weight is 222 g/mol. The van der Waals surface area contributed by atoms with Crippen LogP contribution in [0.3, 0.4) is 0 Å². The van der Waals surface area contributed by atoms with Crippen LogP contribution in [0.4, 0.5) is 0 Å². The summed E-state index contributed by atoms with van der Waals surface area (Å²) < 4.78 is 0. The van der Waals surface area contributed by atoms with Crippen molar-refractivity contribution in [3.05, 3.63) is 0 Å². The summed E-state index contributed by atoms with van der Waals surface area (Å²) >= 11 is 0. The Morgan fingerprint density at radius 2 is 1.69 bits per heavy atom. The molecule has 2 saturated heterocycles. The minimum Gasteiger partial charge on any atom is -0.298 e. The first-order valence-electron chi connectivity index (χ1n) is 7.31. The second kappa shape index (κ2) is 4.66. The van der Waals surface area contributed by atoms with Crippen LogP contribution in [0.15, 0.2) is 0 Å². The molecule has 1 aliphatic carbocycles. The molecule has 3 fully saturated rings. The fourth-order valence-electron chi connectivity index (χ4n) is 4.02. The lowest BCUT2D eigenvalue weighted by Gasteiger charge is -2.46. The van der Waals surface area contributed by atoms with Gasteiger partial charge in [-0.25, -0.2) is 0 Å². The third kappa shape index (κ3) is 2.14. The van der Waals surface area contributed by atoms with E-state index < -0.39 is 0 Å². The van der Waals surface area contributed by atoms with E-state index in [1.54, 1.807) is 0 Å². The van der Waals surface area contributed by atoms with E-state index in [0.717, 1.165) is 18.0 Å². The normalized spacial score (nSPS) is 42.2. The van der Waals surface area contributed by atoms with Crippen LogP contribution in [-0.4, -0.2) is 48.1 Å². The molecule has 2 heterocycles. The Hall–Kier alpha value is -0.0800. The van der Waals surface area contributed by atoms with E-state index >= 15 is 0 Å². The zero-order valence-corrected chi connectivity index (χ0v) is 10.7. The van der Waals surface area contributed by atoms with Crippen LogP contribution in [0.2, 0.25) is 0 Å². The third-order valence-corrected chi connectivity index (χ3v) is 5.05. The molecule has 3 unspecified atom stereocenters. The topological polar surface area (TPSA) is 6.48 Å². The first-order valence-corrected chi connectivity index (χ1v) is 7.31. The van der Waals surface area contributed by atoms with Crippen LogP contribution in [-0.2, 0) is 0 Å². The Bertz CT molecular complexity index is 241. The predicted octanol–water partition coefficient (Wildman–Crippen LogP) is 2.35. The number of hydrogen-bond donors (Lipinski definition) is 0. The van der Waals surface area contributed by atoms with Gasteiger partial charge in [-0.2, -0.15) is 0 Å². The molecule has 3 rings (SSSR count). The minimum absolute atomic E-state index is 0.901. The maximum atomic E-state index is 2.82. The van der Waals surface area contributed by atoms with E-state index in [9.17, 15) is 0 Å². The fourth-order valence-corrected chi connectivity index (χ4v) is 4.02. The van der Waals surface area contributed by atoms with Crippen molar-refractivity contribution in [2.24, 2.45) is 5.92 Å². The molecule has 0 aromatic heterocycles. The molecule has 0 aromatic rings. The summed E-state index contributed by atoms with van der Waals surface area (Å²) in [5.41, 5.74) is 0. The number of piperidine rings is 1. The van der Waals surface area contributed by atoms with Crippen molar-refractivity contribution in [1.82, 2.24) is 9.80 Å². The van der Waals surface area contributed by atoms with E-state index in [2.05, 4.69) is 16.7 Å². The van der Waals surface area contributed by atoms with Crippen LogP contribution in [0, 0.1) is 5.92 Å². The van der Waals surface area contributed by atoms with Crippen LogP contribution in [0.1, 0.15) is 45.4 Å². The summed E-state index contributed by atoms with van der Waals surface area (Å²) in [6.07, 6.45) is 8.77. The van der Waals surface area contributed by atoms with Crippen molar-refractivity contribution < 1.29 is 0 Å². The SMILES string of the molecule is CC1CCC(N2CCN3CCCCC3C2)C1. The molecule has 0 amide bonds. The third-order valence-electron chi connectivity index (χ3n) is 5.05. The molecule has 92 valence electrons. The number of fused-ring (bicyclic) bond motifs is 1. The molecule has 3 atom stereocenters. The molecular formula is C14H26N2.